The highest BCUT2D eigenvalue weighted by atomic mass is 32.1. The largest absolute Gasteiger partial charge is 0.370 e. The Morgan fingerprint density at radius 3 is 3.04 bits per heavy atom. The summed E-state index contributed by atoms with van der Waals surface area (Å²) in [5, 5.41) is 8.67. The predicted molar refractivity (Wildman–Crippen MR) is 95.1 cm³/mol. The molecule has 1 fully saturated rings. The molecule has 1 aliphatic rings. The lowest BCUT2D eigenvalue weighted by atomic mass is 10.1. The summed E-state index contributed by atoms with van der Waals surface area (Å²) in [6, 6.07) is 0. The van der Waals surface area contributed by atoms with Crippen molar-refractivity contribution in [1.82, 2.24) is 25.0 Å². The van der Waals surface area contributed by atoms with Gasteiger partial charge in [-0.3, -0.25) is 4.68 Å². The van der Waals surface area contributed by atoms with E-state index in [9.17, 15) is 0 Å². The fourth-order valence-corrected chi connectivity index (χ4v) is 3.40. The van der Waals surface area contributed by atoms with Gasteiger partial charge in [-0.15, -0.1) is 11.3 Å². The van der Waals surface area contributed by atoms with Crippen molar-refractivity contribution in [2.24, 2.45) is 12.0 Å². The summed E-state index contributed by atoms with van der Waals surface area (Å²) in [6.07, 6.45) is 5.81. The monoisotopic (exact) mass is 348 g/mol. The Morgan fingerprint density at radius 2 is 2.38 bits per heavy atom. The normalized spacial score (nSPS) is 18.9. The summed E-state index contributed by atoms with van der Waals surface area (Å²) in [4.78, 5) is 12.6. The third-order valence-corrected chi connectivity index (χ3v) is 4.73. The molecule has 1 aliphatic heterocycles. The molecule has 7 nitrogen and oxygen atoms in total. The van der Waals surface area contributed by atoms with Crippen molar-refractivity contribution >= 4 is 17.3 Å². The maximum Gasteiger partial charge on any atom is 0.194 e. The van der Waals surface area contributed by atoms with Crippen LogP contribution in [0.2, 0.25) is 0 Å². The zero-order valence-corrected chi connectivity index (χ0v) is 15.2. The Balaban J connectivity index is 1.70. The van der Waals surface area contributed by atoms with Gasteiger partial charge in [0.05, 0.1) is 25.9 Å². The Labute approximate surface area is 146 Å². The maximum absolute atomic E-state index is 5.91. The topological polar surface area (TPSA) is 67.6 Å². The van der Waals surface area contributed by atoms with Crippen LogP contribution in [-0.4, -0.2) is 51.9 Å². The summed E-state index contributed by atoms with van der Waals surface area (Å²) in [6.45, 7) is 7.88. The molecule has 1 atom stereocenters. The van der Waals surface area contributed by atoms with E-state index < -0.39 is 0 Å². The number of nitrogens with one attached hydrogen (secondary N) is 1. The van der Waals surface area contributed by atoms with E-state index >= 15 is 0 Å². The molecule has 0 saturated carbocycles. The SMILES string of the molecule is CCNC(=NCc1ncc(C)s1)N1CCOC(c2cnn(C)c2)C1. The molecule has 0 bridgehead atoms. The molecule has 3 heterocycles. The Hall–Kier alpha value is -1.93. The van der Waals surface area contributed by atoms with E-state index in [-0.39, 0.29) is 6.10 Å². The number of hydrogen-bond donors (Lipinski definition) is 1. The van der Waals surface area contributed by atoms with E-state index in [1.54, 1.807) is 11.3 Å². The van der Waals surface area contributed by atoms with Crippen LogP contribution in [0.4, 0.5) is 0 Å². The van der Waals surface area contributed by atoms with E-state index in [1.165, 1.54) is 4.88 Å². The second-order valence-corrected chi connectivity index (χ2v) is 7.11. The highest BCUT2D eigenvalue weighted by Crippen LogP contribution is 2.22. The first-order valence-corrected chi connectivity index (χ1v) is 9.02. The van der Waals surface area contributed by atoms with Gasteiger partial charge in [-0.05, 0) is 13.8 Å². The standard InChI is InChI=1S/C16H24N6OS/c1-4-17-16(19-9-15-18-7-12(2)24-15)22-5-6-23-14(11-22)13-8-20-21(3)10-13/h7-8,10,14H,4-6,9,11H2,1-3H3,(H,17,19). The number of rotatable bonds is 4. The number of guanidine groups is 1. The molecule has 130 valence electrons. The van der Waals surface area contributed by atoms with Crippen LogP contribution in [0.1, 0.15) is 28.5 Å². The second kappa shape index (κ2) is 7.76. The van der Waals surface area contributed by atoms with Crippen LogP contribution in [0.3, 0.4) is 0 Å². The minimum atomic E-state index is 0.0263. The number of aliphatic imine (C=N–C) groups is 1. The minimum Gasteiger partial charge on any atom is -0.370 e. The van der Waals surface area contributed by atoms with Gasteiger partial charge in [0, 0.05) is 43.0 Å². The van der Waals surface area contributed by atoms with E-state index in [2.05, 4.69) is 34.1 Å². The van der Waals surface area contributed by atoms with Crippen molar-refractivity contribution in [1.29, 1.82) is 0 Å². The van der Waals surface area contributed by atoms with Gasteiger partial charge in [-0.25, -0.2) is 9.98 Å². The predicted octanol–water partition coefficient (Wildman–Crippen LogP) is 1.72. The van der Waals surface area contributed by atoms with Crippen LogP contribution in [0.5, 0.6) is 0 Å². The van der Waals surface area contributed by atoms with E-state index in [0.29, 0.717) is 13.2 Å². The van der Waals surface area contributed by atoms with E-state index in [4.69, 9.17) is 9.73 Å². The molecule has 1 unspecified atom stereocenters. The lowest BCUT2D eigenvalue weighted by Crippen LogP contribution is -2.48. The van der Waals surface area contributed by atoms with Gasteiger partial charge < -0.3 is 15.0 Å². The van der Waals surface area contributed by atoms with Gasteiger partial charge in [0.2, 0.25) is 0 Å². The third kappa shape index (κ3) is 4.12. The molecule has 8 heteroatoms. The molecular weight excluding hydrogens is 324 g/mol. The number of morpholine rings is 1. The van der Waals surface area contributed by atoms with Crippen LogP contribution >= 0.6 is 11.3 Å². The molecule has 0 radical (unpaired) electrons. The lowest BCUT2D eigenvalue weighted by molar-refractivity contribution is -0.00805. The molecule has 2 aromatic heterocycles. The van der Waals surface area contributed by atoms with Crippen LogP contribution in [0.15, 0.2) is 23.6 Å². The Morgan fingerprint density at radius 1 is 1.50 bits per heavy atom. The summed E-state index contributed by atoms with van der Waals surface area (Å²) in [7, 11) is 1.92. The van der Waals surface area contributed by atoms with Crippen molar-refractivity contribution in [2.75, 3.05) is 26.2 Å². The van der Waals surface area contributed by atoms with Crippen molar-refractivity contribution in [3.8, 4) is 0 Å². The van der Waals surface area contributed by atoms with Crippen molar-refractivity contribution in [2.45, 2.75) is 26.5 Å². The number of hydrogen-bond acceptors (Lipinski definition) is 5. The van der Waals surface area contributed by atoms with Gasteiger partial charge in [-0.2, -0.15) is 5.10 Å². The lowest BCUT2D eigenvalue weighted by Gasteiger charge is -2.34. The average molecular weight is 348 g/mol. The van der Waals surface area contributed by atoms with Gasteiger partial charge >= 0.3 is 0 Å². The number of aromatic nitrogens is 3. The zero-order chi connectivity index (χ0) is 16.9. The zero-order valence-electron chi connectivity index (χ0n) is 14.4. The highest BCUT2D eigenvalue weighted by molar-refractivity contribution is 7.11. The molecule has 24 heavy (non-hydrogen) atoms. The average Bonchev–Trinajstić information content (AvgIpc) is 3.20. The fourth-order valence-electron chi connectivity index (χ4n) is 2.69. The van der Waals surface area contributed by atoms with E-state index in [1.807, 2.05) is 30.3 Å². The van der Waals surface area contributed by atoms with E-state index in [0.717, 1.165) is 36.2 Å². The quantitative estimate of drug-likeness (QED) is 0.673. The van der Waals surface area contributed by atoms with Crippen LogP contribution in [0, 0.1) is 6.92 Å². The van der Waals surface area contributed by atoms with Gasteiger partial charge in [0.15, 0.2) is 5.96 Å². The Kier molecular flexibility index (Phi) is 5.47. The first kappa shape index (κ1) is 16.9. The first-order chi connectivity index (χ1) is 11.7. The third-order valence-electron chi connectivity index (χ3n) is 3.83. The van der Waals surface area contributed by atoms with Crippen molar-refractivity contribution < 1.29 is 4.74 Å². The molecule has 3 rings (SSSR count). The van der Waals surface area contributed by atoms with Crippen molar-refractivity contribution in [3.05, 3.63) is 34.0 Å². The van der Waals surface area contributed by atoms with Crippen LogP contribution < -0.4 is 5.32 Å². The Bertz CT molecular complexity index is 694. The number of aryl methyl sites for hydroxylation is 2. The number of thiazole rings is 1. The minimum absolute atomic E-state index is 0.0263. The molecule has 1 saturated heterocycles. The molecule has 0 aromatic carbocycles. The summed E-state index contributed by atoms with van der Waals surface area (Å²) >= 11 is 1.69. The second-order valence-electron chi connectivity index (χ2n) is 5.79. The molecule has 0 aliphatic carbocycles. The van der Waals surface area contributed by atoms with Crippen LogP contribution in [-0.2, 0) is 18.3 Å². The number of ether oxygens (including phenoxy) is 1. The van der Waals surface area contributed by atoms with Gasteiger partial charge in [0.25, 0.3) is 0 Å². The maximum atomic E-state index is 5.91. The molecule has 0 amide bonds. The smallest absolute Gasteiger partial charge is 0.194 e. The molecule has 0 spiro atoms. The summed E-state index contributed by atoms with van der Waals surface area (Å²) in [5.74, 6) is 0.919. The van der Waals surface area contributed by atoms with Crippen molar-refractivity contribution in [3.63, 3.8) is 0 Å². The van der Waals surface area contributed by atoms with Gasteiger partial charge in [0.1, 0.15) is 11.1 Å². The molecule has 1 N–H and O–H groups in total. The highest BCUT2D eigenvalue weighted by Gasteiger charge is 2.25. The fraction of sp³-hybridized carbons (Fsp3) is 0.562. The molecule has 2 aromatic rings. The number of nitrogens with zero attached hydrogens (tertiary/aromatic N) is 5. The molecular formula is C16H24N6OS. The summed E-state index contributed by atoms with van der Waals surface area (Å²) < 4.78 is 7.72. The van der Waals surface area contributed by atoms with Crippen LogP contribution in [0.25, 0.3) is 0 Å². The summed E-state index contributed by atoms with van der Waals surface area (Å²) in [5.41, 5.74) is 1.11. The first-order valence-electron chi connectivity index (χ1n) is 8.20. The van der Waals surface area contributed by atoms with Gasteiger partial charge in [-0.1, -0.05) is 0 Å².